The molecule has 1 N–H and O–H groups in total. The lowest BCUT2D eigenvalue weighted by molar-refractivity contribution is 0.158. The molecular formula is C10H14BrNO. The van der Waals surface area contributed by atoms with Gasteiger partial charge in [0.1, 0.15) is 0 Å². The summed E-state index contributed by atoms with van der Waals surface area (Å²) in [5.41, 5.74) is 0.901. The smallest absolute Gasteiger partial charge is 0.0551 e. The molecule has 0 aliphatic rings. The Hall–Kier alpha value is -0.410. The molecule has 0 saturated carbocycles. The summed E-state index contributed by atoms with van der Waals surface area (Å²) >= 11 is 3.43. The van der Waals surface area contributed by atoms with Crippen LogP contribution in [0, 0.1) is 5.41 Å². The number of hydrogen-bond donors (Lipinski definition) is 1. The molecular weight excluding hydrogens is 230 g/mol. The maximum absolute atomic E-state index is 9.10. The maximum Gasteiger partial charge on any atom is 0.0551 e. The number of rotatable bonds is 3. The Labute approximate surface area is 87.1 Å². The van der Waals surface area contributed by atoms with Gasteiger partial charge in [0.15, 0.2) is 0 Å². The molecule has 0 aliphatic carbocycles. The van der Waals surface area contributed by atoms with E-state index in [4.69, 9.17) is 5.11 Å². The van der Waals surface area contributed by atoms with Crippen molar-refractivity contribution in [1.29, 1.82) is 0 Å². The van der Waals surface area contributed by atoms with Gasteiger partial charge < -0.3 is 5.11 Å². The number of aromatic nitrogens is 1. The fourth-order valence-corrected chi connectivity index (χ4v) is 1.45. The van der Waals surface area contributed by atoms with E-state index >= 15 is 0 Å². The van der Waals surface area contributed by atoms with Crippen molar-refractivity contribution < 1.29 is 5.11 Å². The molecule has 1 aromatic rings. The van der Waals surface area contributed by atoms with E-state index in [1.165, 1.54) is 0 Å². The van der Waals surface area contributed by atoms with Gasteiger partial charge in [-0.05, 0) is 39.9 Å². The number of aliphatic hydroxyl groups excluding tert-OH is 1. The number of pyridine rings is 1. The van der Waals surface area contributed by atoms with Gasteiger partial charge in [-0.25, -0.2) is 0 Å². The predicted octanol–water partition coefficient (Wildman–Crippen LogP) is 2.41. The summed E-state index contributed by atoms with van der Waals surface area (Å²) in [5, 5.41) is 9.10. The van der Waals surface area contributed by atoms with Gasteiger partial charge in [0.2, 0.25) is 0 Å². The molecule has 1 rings (SSSR count). The van der Waals surface area contributed by atoms with Crippen LogP contribution in [0.3, 0.4) is 0 Å². The Morgan fingerprint density at radius 3 is 2.77 bits per heavy atom. The SMILES string of the molecule is CC(C)(CO)Cc1ncccc1Br. The van der Waals surface area contributed by atoms with E-state index in [9.17, 15) is 0 Å². The molecule has 0 radical (unpaired) electrons. The zero-order valence-electron chi connectivity index (χ0n) is 7.92. The first-order chi connectivity index (χ1) is 6.05. The molecule has 0 aromatic carbocycles. The summed E-state index contributed by atoms with van der Waals surface area (Å²) < 4.78 is 1.01. The Morgan fingerprint density at radius 2 is 2.23 bits per heavy atom. The highest BCUT2D eigenvalue weighted by Gasteiger charge is 2.18. The average Bonchev–Trinajstić information content (AvgIpc) is 2.09. The van der Waals surface area contributed by atoms with E-state index in [1.807, 2.05) is 26.0 Å². The van der Waals surface area contributed by atoms with Crippen LogP contribution in [-0.4, -0.2) is 16.7 Å². The highest BCUT2D eigenvalue weighted by atomic mass is 79.9. The lowest BCUT2D eigenvalue weighted by Crippen LogP contribution is -2.20. The number of hydrogen-bond acceptors (Lipinski definition) is 2. The first-order valence-electron chi connectivity index (χ1n) is 4.25. The Kier molecular flexibility index (Phi) is 3.45. The summed E-state index contributed by atoms with van der Waals surface area (Å²) in [5.74, 6) is 0. The molecule has 2 nitrogen and oxygen atoms in total. The third-order valence-corrected chi connectivity index (χ3v) is 2.63. The molecule has 0 aliphatic heterocycles. The number of halogens is 1. The molecule has 0 atom stereocenters. The molecule has 13 heavy (non-hydrogen) atoms. The molecule has 1 heterocycles. The van der Waals surface area contributed by atoms with Gasteiger partial charge in [-0.1, -0.05) is 13.8 Å². The molecule has 0 unspecified atom stereocenters. The topological polar surface area (TPSA) is 33.1 Å². The third kappa shape index (κ3) is 3.08. The van der Waals surface area contributed by atoms with Crippen molar-refractivity contribution in [1.82, 2.24) is 4.98 Å². The van der Waals surface area contributed by atoms with Gasteiger partial charge in [0.25, 0.3) is 0 Å². The standard InChI is InChI=1S/C10H14BrNO/c1-10(2,7-13)6-9-8(11)4-3-5-12-9/h3-5,13H,6-7H2,1-2H3. The summed E-state index contributed by atoms with van der Waals surface area (Å²) in [6.45, 7) is 4.22. The van der Waals surface area contributed by atoms with Gasteiger partial charge in [-0.2, -0.15) is 0 Å². The van der Waals surface area contributed by atoms with Gasteiger partial charge in [-0.15, -0.1) is 0 Å². The second kappa shape index (κ2) is 4.20. The third-order valence-electron chi connectivity index (χ3n) is 1.91. The molecule has 0 fully saturated rings. The van der Waals surface area contributed by atoms with Crippen molar-refractivity contribution in [3.8, 4) is 0 Å². The lowest BCUT2D eigenvalue weighted by Gasteiger charge is -2.21. The molecule has 72 valence electrons. The van der Waals surface area contributed by atoms with Gasteiger partial charge in [-0.3, -0.25) is 4.98 Å². The second-order valence-corrected chi connectivity index (χ2v) is 4.79. The van der Waals surface area contributed by atoms with Crippen LogP contribution in [0.25, 0.3) is 0 Å². The summed E-state index contributed by atoms with van der Waals surface area (Å²) in [7, 11) is 0. The minimum atomic E-state index is -0.100. The normalized spacial score (nSPS) is 11.7. The van der Waals surface area contributed by atoms with Crippen molar-refractivity contribution in [2.75, 3.05) is 6.61 Å². The minimum absolute atomic E-state index is 0.100. The monoisotopic (exact) mass is 243 g/mol. The van der Waals surface area contributed by atoms with E-state index in [0.29, 0.717) is 0 Å². The van der Waals surface area contributed by atoms with E-state index in [0.717, 1.165) is 16.6 Å². The summed E-state index contributed by atoms with van der Waals surface area (Å²) in [6, 6.07) is 3.86. The first kappa shape index (κ1) is 10.7. The van der Waals surface area contributed by atoms with Crippen molar-refractivity contribution in [2.45, 2.75) is 20.3 Å². The van der Waals surface area contributed by atoms with E-state index < -0.39 is 0 Å². The summed E-state index contributed by atoms with van der Waals surface area (Å²) in [6.07, 6.45) is 2.55. The number of nitrogens with zero attached hydrogens (tertiary/aromatic N) is 1. The highest BCUT2D eigenvalue weighted by Crippen LogP contribution is 2.24. The van der Waals surface area contributed by atoms with Crippen LogP contribution in [0.4, 0.5) is 0 Å². The lowest BCUT2D eigenvalue weighted by atomic mass is 9.89. The molecule has 0 saturated heterocycles. The fourth-order valence-electron chi connectivity index (χ4n) is 1.06. The van der Waals surface area contributed by atoms with Crippen LogP contribution in [0.5, 0.6) is 0 Å². The van der Waals surface area contributed by atoms with Gasteiger partial charge in [0, 0.05) is 17.3 Å². The fraction of sp³-hybridized carbons (Fsp3) is 0.500. The van der Waals surface area contributed by atoms with Crippen LogP contribution < -0.4 is 0 Å². The van der Waals surface area contributed by atoms with Crippen molar-refractivity contribution >= 4 is 15.9 Å². The summed E-state index contributed by atoms with van der Waals surface area (Å²) in [4.78, 5) is 4.25. The van der Waals surface area contributed by atoms with E-state index in [2.05, 4.69) is 20.9 Å². The minimum Gasteiger partial charge on any atom is -0.396 e. The van der Waals surface area contributed by atoms with Crippen LogP contribution >= 0.6 is 15.9 Å². The molecule has 3 heteroatoms. The average molecular weight is 244 g/mol. The zero-order chi connectivity index (χ0) is 9.90. The molecule has 0 amide bonds. The van der Waals surface area contributed by atoms with Crippen LogP contribution in [0.15, 0.2) is 22.8 Å². The van der Waals surface area contributed by atoms with Crippen molar-refractivity contribution in [3.05, 3.63) is 28.5 Å². The largest absolute Gasteiger partial charge is 0.396 e. The number of aliphatic hydroxyl groups is 1. The van der Waals surface area contributed by atoms with Crippen molar-refractivity contribution in [3.63, 3.8) is 0 Å². The molecule has 0 bridgehead atoms. The molecule has 0 spiro atoms. The zero-order valence-corrected chi connectivity index (χ0v) is 9.50. The van der Waals surface area contributed by atoms with E-state index in [-0.39, 0.29) is 12.0 Å². The van der Waals surface area contributed by atoms with Gasteiger partial charge in [0.05, 0.1) is 5.69 Å². The Morgan fingerprint density at radius 1 is 1.54 bits per heavy atom. The van der Waals surface area contributed by atoms with Crippen LogP contribution in [-0.2, 0) is 6.42 Å². The van der Waals surface area contributed by atoms with Gasteiger partial charge >= 0.3 is 0 Å². The second-order valence-electron chi connectivity index (χ2n) is 3.93. The Bertz CT molecular complexity index is 286. The first-order valence-corrected chi connectivity index (χ1v) is 5.05. The maximum atomic E-state index is 9.10. The predicted molar refractivity (Wildman–Crippen MR) is 56.5 cm³/mol. The quantitative estimate of drug-likeness (QED) is 0.885. The molecule has 1 aromatic heterocycles. The van der Waals surface area contributed by atoms with E-state index in [1.54, 1.807) is 6.20 Å². The van der Waals surface area contributed by atoms with Crippen LogP contribution in [0.1, 0.15) is 19.5 Å². The van der Waals surface area contributed by atoms with Crippen molar-refractivity contribution in [2.24, 2.45) is 5.41 Å². The Balaban J connectivity index is 2.80. The van der Waals surface area contributed by atoms with Crippen LogP contribution in [0.2, 0.25) is 0 Å². The highest BCUT2D eigenvalue weighted by molar-refractivity contribution is 9.10.